The van der Waals surface area contributed by atoms with Crippen molar-refractivity contribution in [3.63, 3.8) is 0 Å². The Hall–Kier alpha value is -3.39. The summed E-state index contributed by atoms with van der Waals surface area (Å²) in [5.74, 6) is -0.292. The second-order valence-electron chi connectivity index (χ2n) is 6.17. The van der Waals surface area contributed by atoms with E-state index in [-0.39, 0.29) is 11.5 Å². The molecule has 0 unspecified atom stereocenters. The zero-order valence-electron chi connectivity index (χ0n) is 13.4. The van der Waals surface area contributed by atoms with Crippen LogP contribution in [0.25, 0.3) is 10.9 Å². The van der Waals surface area contributed by atoms with Gasteiger partial charge in [-0.3, -0.25) is 9.59 Å². The lowest BCUT2D eigenvalue weighted by molar-refractivity contribution is 0.102. The van der Waals surface area contributed by atoms with Crippen LogP contribution in [0.2, 0.25) is 0 Å². The maximum absolute atomic E-state index is 12.4. The van der Waals surface area contributed by atoms with E-state index < -0.39 is 0 Å². The number of amides is 1. The Morgan fingerprint density at radius 3 is 2.80 bits per heavy atom. The minimum absolute atomic E-state index is 0.0369. The Morgan fingerprint density at radius 2 is 1.96 bits per heavy atom. The number of aromatic nitrogens is 1. The molecule has 0 saturated carbocycles. The van der Waals surface area contributed by atoms with Gasteiger partial charge in [-0.05, 0) is 55.2 Å². The number of nitriles is 1. The largest absolute Gasteiger partial charge is 0.322 e. The Kier molecular flexibility index (Phi) is 3.58. The van der Waals surface area contributed by atoms with Crippen molar-refractivity contribution in [2.24, 2.45) is 0 Å². The van der Waals surface area contributed by atoms with Crippen molar-refractivity contribution in [2.45, 2.75) is 19.3 Å². The standard InChI is InChI=1S/C20H15N3O2/c21-11-12-3-1-4-13(9-12)19(24)22-14-7-8-16-15-5-2-6-17(15)20(25)23-18(16)10-14/h1,3-4,7-10H,2,5-6H2,(H,22,24)(H,23,25). The van der Waals surface area contributed by atoms with Crippen molar-refractivity contribution in [1.29, 1.82) is 5.26 Å². The lowest BCUT2D eigenvalue weighted by Crippen LogP contribution is -2.14. The fourth-order valence-electron chi connectivity index (χ4n) is 3.41. The second-order valence-corrected chi connectivity index (χ2v) is 6.17. The number of hydrogen-bond donors (Lipinski definition) is 2. The van der Waals surface area contributed by atoms with Crippen LogP contribution in [0.15, 0.2) is 47.3 Å². The van der Waals surface area contributed by atoms with Crippen LogP contribution in [-0.2, 0) is 12.8 Å². The maximum atomic E-state index is 12.4. The van der Waals surface area contributed by atoms with E-state index in [4.69, 9.17) is 5.26 Å². The number of pyridine rings is 1. The molecule has 5 heteroatoms. The average molecular weight is 329 g/mol. The van der Waals surface area contributed by atoms with Gasteiger partial charge in [0.15, 0.2) is 0 Å². The minimum Gasteiger partial charge on any atom is -0.322 e. The van der Waals surface area contributed by atoms with E-state index >= 15 is 0 Å². The van der Waals surface area contributed by atoms with E-state index in [2.05, 4.69) is 10.3 Å². The van der Waals surface area contributed by atoms with Crippen LogP contribution in [0, 0.1) is 11.3 Å². The lowest BCUT2D eigenvalue weighted by Gasteiger charge is -2.09. The Morgan fingerprint density at radius 1 is 1.12 bits per heavy atom. The molecule has 0 bridgehead atoms. The minimum atomic E-state index is -0.292. The molecule has 2 N–H and O–H groups in total. The van der Waals surface area contributed by atoms with E-state index in [9.17, 15) is 9.59 Å². The van der Waals surface area contributed by atoms with Crippen molar-refractivity contribution in [3.05, 3.63) is 75.1 Å². The predicted octanol–water partition coefficient (Wildman–Crippen LogP) is 3.14. The van der Waals surface area contributed by atoms with Crippen molar-refractivity contribution in [2.75, 3.05) is 5.32 Å². The molecule has 2 aromatic carbocycles. The van der Waals surface area contributed by atoms with Crippen molar-refractivity contribution in [3.8, 4) is 6.07 Å². The Labute approximate surface area is 143 Å². The van der Waals surface area contributed by atoms with Gasteiger partial charge in [0.25, 0.3) is 11.5 Å². The highest BCUT2D eigenvalue weighted by molar-refractivity contribution is 6.05. The summed E-state index contributed by atoms with van der Waals surface area (Å²) in [4.78, 5) is 27.5. The summed E-state index contributed by atoms with van der Waals surface area (Å²) >= 11 is 0. The monoisotopic (exact) mass is 329 g/mol. The highest BCUT2D eigenvalue weighted by Gasteiger charge is 2.18. The molecule has 0 fully saturated rings. The van der Waals surface area contributed by atoms with Gasteiger partial charge in [0.2, 0.25) is 0 Å². The normalized spacial score (nSPS) is 12.6. The highest BCUT2D eigenvalue weighted by Crippen LogP contribution is 2.27. The summed E-state index contributed by atoms with van der Waals surface area (Å²) in [6.45, 7) is 0. The molecule has 1 heterocycles. The molecule has 4 rings (SSSR count). The van der Waals surface area contributed by atoms with E-state index in [0.29, 0.717) is 16.8 Å². The summed E-state index contributed by atoms with van der Waals surface area (Å²) < 4.78 is 0. The molecule has 5 nitrogen and oxygen atoms in total. The smallest absolute Gasteiger partial charge is 0.255 e. The molecule has 1 amide bonds. The topological polar surface area (TPSA) is 85.8 Å². The van der Waals surface area contributed by atoms with Crippen LogP contribution in [0.5, 0.6) is 0 Å². The Bertz CT molecular complexity index is 1110. The number of nitrogens with one attached hydrogen (secondary N) is 2. The van der Waals surface area contributed by atoms with Crippen LogP contribution in [0.4, 0.5) is 5.69 Å². The van der Waals surface area contributed by atoms with Crippen molar-refractivity contribution < 1.29 is 4.79 Å². The van der Waals surface area contributed by atoms with E-state index in [1.807, 2.05) is 18.2 Å². The summed E-state index contributed by atoms with van der Waals surface area (Å²) in [6, 6.07) is 14.1. The molecule has 0 radical (unpaired) electrons. The number of fused-ring (bicyclic) bond motifs is 3. The maximum Gasteiger partial charge on any atom is 0.255 e. The number of nitrogens with zero attached hydrogens (tertiary/aromatic N) is 1. The second kappa shape index (κ2) is 5.91. The van der Waals surface area contributed by atoms with E-state index in [1.165, 1.54) is 0 Å². The number of carbonyl (C=O) groups is 1. The molecule has 1 aliphatic carbocycles. The van der Waals surface area contributed by atoms with Crippen LogP contribution >= 0.6 is 0 Å². The third kappa shape index (κ3) is 2.68. The van der Waals surface area contributed by atoms with E-state index in [0.717, 1.165) is 41.3 Å². The molecule has 122 valence electrons. The van der Waals surface area contributed by atoms with Gasteiger partial charge < -0.3 is 10.3 Å². The molecule has 1 aromatic heterocycles. The van der Waals surface area contributed by atoms with Gasteiger partial charge in [-0.25, -0.2) is 0 Å². The number of benzene rings is 2. The number of hydrogen-bond acceptors (Lipinski definition) is 3. The molecule has 0 atom stereocenters. The molecule has 3 aromatic rings. The first-order valence-corrected chi connectivity index (χ1v) is 8.15. The molecule has 1 aliphatic rings. The third-order valence-electron chi connectivity index (χ3n) is 4.60. The molecule has 0 aliphatic heterocycles. The Balaban J connectivity index is 1.68. The zero-order valence-corrected chi connectivity index (χ0v) is 13.4. The van der Waals surface area contributed by atoms with Gasteiger partial charge >= 0.3 is 0 Å². The lowest BCUT2D eigenvalue weighted by atomic mass is 10.1. The fraction of sp³-hybridized carbons (Fsp3) is 0.150. The van der Waals surface area contributed by atoms with Crippen LogP contribution < -0.4 is 10.9 Å². The number of rotatable bonds is 2. The highest BCUT2D eigenvalue weighted by atomic mass is 16.1. The van der Waals surface area contributed by atoms with Gasteiger partial charge in [-0.2, -0.15) is 5.26 Å². The first-order valence-electron chi connectivity index (χ1n) is 8.15. The van der Waals surface area contributed by atoms with Crippen LogP contribution in [0.3, 0.4) is 0 Å². The quantitative estimate of drug-likeness (QED) is 0.757. The van der Waals surface area contributed by atoms with Gasteiger partial charge in [0.05, 0.1) is 17.1 Å². The number of aryl methyl sites for hydroxylation is 1. The summed E-state index contributed by atoms with van der Waals surface area (Å²) in [5, 5.41) is 12.8. The van der Waals surface area contributed by atoms with Gasteiger partial charge in [-0.15, -0.1) is 0 Å². The zero-order chi connectivity index (χ0) is 17.4. The fourth-order valence-corrected chi connectivity index (χ4v) is 3.41. The van der Waals surface area contributed by atoms with Crippen LogP contribution in [-0.4, -0.2) is 10.9 Å². The first kappa shape index (κ1) is 15.2. The number of aromatic amines is 1. The van der Waals surface area contributed by atoms with Crippen molar-refractivity contribution >= 4 is 22.5 Å². The summed E-state index contributed by atoms with van der Waals surface area (Å²) in [7, 11) is 0. The van der Waals surface area contributed by atoms with E-state index in [1.54, 1.807) is 30.3 Å². The summed E-state index contributed by atoms with van der Waals surface area (Å²) in [5.41, 5.74) is 4.16. The van der Waals surface area contributed by atoms with Gasteiger partial charge in [-0.1, -0.05) is 12.1 Å². The molecule has 0 saturated heterocycles. The summed E-state index contributed by atoms with van der Waals surface area (Å²) in [6.07, 6.45) is 2.75. The SMILES string of the molecule is N#Cc1cccc(C(=O)Nc2ccc3c4c(c(=O)[nH]c3c2)CCC4)c1. The first-order chi connectivity index (χ1) is 12.2. The van der Waals surface area contributed by atoms with Gasteiger partial charge in [0.1, 0.15) is 0 Å². The molecule has 25 heavy (non-hydrogen) atoms. The third-order valence-corrected chi connectivity index (χ3v) is 4.60. The molecular weight excluding hydrogens is 314 g/mol. The average Bonchev–Trinajstić information content (AvgIpc) is 3.12. The van der Waals surface area contributed by atoms with Crippen molar-refractivity contribution in [1.82, 2.24) is 4.98 Å². The van der Waals surface area contributed by atoms with Crippen LogP contribution in [0.1, 0.15) is 33.5 Å². The predicted molar refractivity (Wildman–Crippen MR) is 95.7 cm³/mol. The number of carbonyl (C=O) groups excluding carboxylic acids is 1. The molecular formula is C20H15N3O2. The number of H-pyrrole nitrogens is 1. The van der Waals surface area contributed by atoms with Gasteiger partial charge in [0, 0.05) is 22.2 Å². The number of anilines is 1. The molecule has 0 spiro atoms.